The van der Waals surface area contributed by atoms with Crippen LogP contribution in [0.5, 0.6) is 0 Å². The maximum Gasteiger partial charge on any atom is 0.244 e. The second kappa shape index (κ2) is 35.9. The Morgan fingerprint density at radius 1 is 0.328 bits per heavy atom. The third kappa shape index (κ3) is 24.8. The molecule has 0 aliphatic rings. The maximum atomic E-state index is 14.6. The molecule has 0 heterocycles. The summed E-state index contributed by atoms with van der Waals surface area (Å²) in [6.45, 7) is 1.37. The maximum absolute atomic E-state index is 14.6. The fourth-order valence-corrected chi connectivity index (χ4v) is 11.2. The van der Waals surface area contributed by atoms with E-state index in [1.54, 1.807) is 12.1 Å². The van der Waals surface area contributed by atoms with E-state index in [2.05, 4.69) is 24.3 Å². The topological polar surface area (TPSA) is 170 Å². The van der Waals surface area contributed by atoms with E-state index in [1.165, 1.54) is 20.7 Å². The molecule has 58 heavy (non-hydrogen) atoms. The lowest BCUT2D eigenvalue weighted by molar-refractivity contribution is 0.376. The van der Waals surface area contributed by atoms with Gasteiger partial charge in [0.2, 0.25) is 20.0 Å². The smallest absolute Gasteiger partial charge is 0.207 e. The van der Waals surface area contributed by atoms with Crippen LogP contribution in [0.25, 0.3) is 0 Å². The molecular weight excluding hydrogens is 765 g/mol. The van der Waals surface area contributed by atoms with Gasteiger partial charge in [-0.3, -0.25) is 0 Å². The Hall–Kier alpha value is -3.00. The van der Waals surface area contributed by atoms with Crippen molar-refractivity contribution in [2.45, 2.75) is 215 Å². The predicted molar refractivity (Wildman–Crippen MR) is 234 cm³/mol. The van der Waals surface area contributed by atoms with E-state index < -0.39 is 20.0 Å². The van der Waals surface area contributed by atoms with Crippen LogP contribution < -0.4 is 0 Å². The molecule has 0 atom stereocenters. The Balaban J connectivity index is 3.12. The molecule has 1 rings (SSSR count). The number of unbranched alkanes of at least 4 members (excludes halogenated alkanes) is 28. The summed E-state index contributed by atoms with van der Waals surface area (Å²) in [6, 6.07) is 15.0. The summed E-state index contributed by atoms with van der Waals surface area (Å²) in [5.41, 5.74) is 0. The summed E-state index contributed by atoms with van der Waals surface area (Å²) >= 11 is 0. The number of benzene rings is 1. The first-order chi connectivity index (χ1) is 28.3. The van der Waals surface area contributed by atoms with Gasteiger partial charge in [-0.15, -0.1) is 0 Å². The Morgan fingerprint density at radius 2 is 0.517 bits per heavy atom. The molecule has 0 saturated heterocycles. The third-order valence-corrected chi connectivity index (χ3v) is 14.9. The minimum atomic E-state index is -4.12. The SMILES string of the molecule is N#CCCCCCCCCCN(CCCCCCCCCC#N)S(=O)(=O)c1ccccc1S(=O)(=O)N(CCCCCCCCCC#N)CCCCCCCCCC#N. The molecular formula is C46H76N6O4S2. The second-order valence-corrected chi connectivity index (χ2v) is 19.6. The van der Waals surface area contributed by atoms with E-state index in [1.807, 2.05) is 0 Å². The van der Waals surface area contributed by atoms with Crippen molar-refractivity contribution in [1.29, 1.82) is 21.0 Å². The van der Waals surface area contributed by atoms with Crippen LogP contribution in [-0.2, 0) is 20.0 Å². The predicted octanol–water partition coefficient (Wildman–Crippen LogP) is 12.2. The third-order valence-electron chi connectivity index (χ3n) is 10.9. The van der Waals surface area contributed by atoms with Crippen molar-refractivity contribution < 1.29 is 16.8 Å². The van der Waals surface area contributed by atoms with E-state index in [4.69, 9.17) is 21.0 Å². The van der Waals surface area contributed by atoms with Gasteiger partial charge >= 0.3 is 0 Å². The molecule has 0 saturated carbocycles. The van der Waals surface area contributed by atoms with E-state index in [-0.39, 0.29) is 9.79 Å². The second-order valence-electron chi connectivity index (χ2n) is 15.8. The molecule has 0 unspecified atom stereocenters. The van der Waals surface area contributed by atoms with E-state index >= 15 is 0 Å². The van der Waals surface area contributed by atoms with E-state index in [9.17, 15) is 16.8 Å². The summed E-state index contributed by atoms with van der Waals surface area (Å²) in [5.74, 6) is 0. The van der Waals surface area contributed by atoms with Gasteiger partial charge in [0.15, 0.2) is 0 Å². The molecule has 0 aromatic heterocycles. The van der Waals surface area contributed by atoms with Crippen molar-refractivity contribution in [3.8, 4) is 24.3 Å². The Kier molecular flexibility index (Phi) is 32.8. The molecule has 0 fully saturated rings. The van der Waals surface area contributed by atoms with Gasteiger partial charge < -0.3 is 0 Å². The van der Waals surface area contributed by atoms with Crippen molar-refractivity contribution >= 4 is 20.0 Å². The first kappa shape index (κ1) is 53.0. The van der Waals surface area contributed by atoms with Gasteiger partial charge in [0.05, 0.1) is 24.3 Å². The number of rotatable bonds is 40. The highest BCUT2D eigenvalue weighted by atomic mass is 32.2. The lowest BCUT2D eigenvalue weighted by Gasteiger charge is -2.26. The molecule has 12 heteroatoms. The molecule has 1 aromatic rings. The zero-order valence-electron chi connectivity index (χ0n) is 35.9. The fraction of sp³-hybridized carbons (Fsp3) is 0.783. The van der Waals surface area contributed by atoms with Crippen LogP contribution >= 0.6 is 0 Å². The zero-order valence-corrected chi connectivity index (χ0v) is 37.5. The summed E-state index contributed by atoms with van der Waals surface area (Å²) in [4.78, 5) is -0.269. The summed E-state index contributed by atoms with van der Waals surface area (Å²) in [6.07, 6.45) is 28.9. The van der Waals surface area contributed by atoms with Crippen LogP contribution in [0.15, 0.2) is 34.1 Å². The van der Waals surface area contributed by atoms with Gasteiger partial charge in [-0.1, -0.05) is 141 Å². The van der Waals surface area contributed by atoms with Crippen LogP contribution in [0.3, 0.4) is 0 Å². The van der Waals surface area contributed by atoms with Gasteiger partial charge in [-0.2, -0.15) is 29.7 Å². The highest BCUT2D eigenvalue weighted by molar-refractivity contribution is 7.92. The molecule has 0 N–H and O–H groups in total. The van der Waals surface area contributed by atoms with Gasteiger partial charge in [-0.05, 0) is 63.5 Å². The summed E-state index contributed by atoms with van der Waals surface area (Å²) in [7, 11) is -8.24. The van der Waals surface area contributed by atoms with Crippen LogP contribution in [0.4, 0.5) is 0 Å². The Morgan fingerprint density at radius 3 is 0.724 bits per heavy atom. The highest BCUT2D eigenvalue weighted by Crippen LogP contribution is 2.29. The van der Waals surface area contributed by atoms with Crippen molar-refractivity contribution in [2.24, 2.45) is 0 Å². The Labute approximate surface area is 355 Å². The number of hydrogen-bond acceptors (Lipinski definition) is 8. The lowest BCUT2D eigenvalue weighted by atomic mass is 10.1. The molecule has 0 radical (unpaired) electrons. The van der Waals surface area contributed by atoms with Gasteiger partial charge in [0.25, 0.3) is 0 Å². The molecule has 0 spiro atoms. The van der Waals surface area contributed by atoms with Crippen molar-refractivity contribution in [2.75, 3.05) is 26.2 Å². The largest absolute Gasteiger partial charge is 0.244 e. The highest BCUT2D eigenvalue weighted by Gasteiger charge is 2.34. The molecule has 0 bridgehead atoms. The first-order valence-electron chi connectivity index (χ1n) is 22.8. The molecule has 10 nitrogen and oxygen atoms in total. The standard InChI is InChI=1S/C46H76N6O4S2/c47-37-27-17-9-1-5-13-21-31-41-51(42-32-22-14-6-2-10-18-28-38-48)57(53,54)45-35-25-26-36-46(45)58(55,56)52(43-33-23-15-7-3-11-19-29-39-49)44-34-24-16-8-4-12-20-30-40-50/h25-26,35-36H,1-24,27-34,41-44H2. The monoisotopic (exact) mass is 841 g/mol. The quantitative estimate of drug-likeness (QED) is 0.0588. The summed E-state index contributed by atoms with van der Waals surface area (Å²) < 4.78 is 61.3. The van der Waals surface area contributed by atoms with Crippen LogP contribution in [0, 0.1) is 45.3 Å². The van der Waals surface area contributed by atoms with E-state index in [0.717, 1.165) is 154 Å². The minimum Gasteiger partial charge on any atom is -0.207 e. The van der Waals surface area contributed by atoms with Crippen LogP contribution in [0.1, 0.15) is 205 Å². The normalized spacial score (nSPS) is 11.7. The Bertz CT molecular complexity index is 1390. The first-order valence-corrected chi connectivity index (χ1v) is 25.7. The molecule has 1 aromatic carbocycles. The number of hydrogen-bond donors (Lipinski definition) is 0. The molecule has 0 aliphatic heterocycles. The summed E-state index contributed by atoms with van der Waals surface area (Å²) in [5, 5.41) is 35.1. The zero-order chi connectivity index (χ0) is 42.4. The van der Waals surface area contributed by atoms with Gasteiger partial charge in [0.1, 0.15) is 9.79 Å². The molecule has 326 valence electrons. The van der Waals surface area contributed by atoms with Crippen molar-refractivity contribution in [1.82, 2.24) is 8.61 Å². The number of nitrogens with zero attached hydrogens (tertiary/aromatic N) is 6. The van der Waals surface area contributed by atoms with Crippen LogP contribution in [0.2, 0.25) is 0 Å². The number of nitriles is 4. The average molecular weight is 841 g/mol. The van der Waals surface area contributed by atoms with Crippen molar-refractivity contribution in [3.63, 3.8) is 0 Å². The minimum absolute atomic E-state index is 0.135. The number of sulfonamides is 2. The molecule has 0 aliphatic carbocycles. The molecule has 0 amide bonds. The van der Waals surface area contributed by atoms with Gasteiger partial charge in [-0.25, -0.2) is 16.8 Å². The fourth-order valence-electron chi connectivity index (χ4n) is 7.36. The lowest BCUT2D eigenvalue weighted by Crippen LogP contribution is -2.37. The average Bonchev–Trinajstić information content (AvgIpc) is 3.22. The van der Waals surface area contributed by atoms with Crippen molar-refractivity contribution in [3.05, 3.63) is 24.3 Å². The van der Waals surface area contributed by atoms with Crippen LogP contribution in [-0.4, -0.2) is 51.6 Å². The van der Waals surface area contributed by atoms with E-state index in [0.29, 0.717) is 77.5 Å². The van der Waals surface area contributed by atoms with Gasteiger partial charge in [0, 0.05) is 51.9 Å².